The molecule has 0 aliphatic rings. The number of allylic oxidation sites excluding steroid dienone is 1. The number of carbonyl (C=O) groups is 2. The van der Waals surface area contributed by atoms with Crippen LogP contribution in [-0.4, -0.2) is 29.5 Å². The quantitative estimate of drug-likeness (QED) is 0.354. The van der Waals surface area contributed by atoms with E-state index in [0.717, 1.165) is 16.7 Å². The largest absolute Gasteiger partial charge is 0.387 e. The molecule has 3 N–H and O–H groups in total. The van der Waals surface area contributed by atoms with Crippen molar-refractivity contribution >= 4 is 11.7 Å². The Hall–Kier alpha value is -2.76. The third-order valence-corrected chi connectivity index (χ3v) is 4.24. The van der Waals surface area contributed by atoms with Crippen LogP contribution in [0.3, 0.4) is 0 Å². The van der Waals surface area contributed by atoms with Crippen LogP contribution in [0.2, 0.25) is 0 Å². The molecule has 0 aromatic heterocycles. The van der Waals surface area contributed by atoms with Crippen LogP contribution in [0.1, 0.15) is 47.9 Å². The number of carbonyl (C=O) groups excluding carboxylic acids is 2. The maximum atomic E-state index is 12.5. The molecule has 2 atom stereocenters. The second-order valence-corrected chi connectivity index (χ2v) is 7.11. The zero-order chi connectivity index (χ0) is 20.5. The van der Waals surface area contributed by atoms with E-state index in [2.05, 4.69) is 10.6 Å². The van der Waals surface area contributed by atoms with Crippen LogP contribution >= 0.6 is 0 Å². The van der Waals surface area contributed by atoms with E-state index in [0.29, 0.717) is 5.56 Å². The number of aliphatic hydroxyl groups is 1. The lowest BCUT2D eigenvalue weighted by atomic mass is 10.1. The highest BCUT2D eigenvalue weighted by molar-refractivity contribution is 5.97. The number of amides is 1. The third kappa shape index (κ3) is 7.10. The van der Waals surface area contributed by atoms with E-state index in [1.54, 1.807) is 24.3 Å². The van der Waals surface area contributed by atoms with Gasteiger partial charge >= 0.3 is 0 Å². The van der Waals surface area contributed by atoms with Gasteiger partial charge in [0.15, 0.2) is 5.78 Å². The molecule has 5 heteroatoms. The van der Waals surface area contributed by atoms with Gasteiger partial charge in [-0.1, -0.05) is 65.7 Å². The van der Waals surface area contributed by atoms with Gasteiger partial charge in [-0.25, -0.2) is 0 Å². The topological polar surface area (TPSA) is 78.4 Å². The summed E-state index contributed by atoms with van der Waals surface area (Å²) in [7, 11) is 0. The molecule has 0 fully saturated rings. The zero-order valence-electron chi connectivity index (χ0n) is 16.6. The SMILES string of the molecule is CC(C)=CC(=O)NC(CC(=O)c1ccccc1)NCC(O)c1ccc(C)cc1. The Bertz CT molecular complexity index is 810. The Kier molecular flexibility index (Phi) is 8.11. The highest BCUT2D eigenvalue weighted by Crippen LogP contribution is 2.13. The number of nitrogens with one attached hydrogen (secondary N) is 2. The molecule has 2 unspecified atom stereocenters. The van der Waals surface area contributed by atoms with Gasteiger partial charge in [-0.3, -0.25) is 14.9 Å². The lowest BCUT2D eigenvalue weighted by Gasteiger charge is -2.21. The summed E-state index contributed by atoms with van der Waals surface area (Å²) < 4.78 is 0. The number of benzene rings is 2. The molecular formula is C23H28N2O3. The number of aliphatic hydroxyl groups excluding tert-OH is 1. The van der Waals surface area contributed by atoms with Crippen LogP contribution in [0, 0.1) is 6.92 Å². The van der Waals surface area contributed by atoms with Gasteiger partial charge in [0.2, 0.25) is 5.91 Å². The first-order chi connectivity index (χ1) is 13.3. The fourth-order valence-electron chi connectivity index (χ4n) is 2.74. The van der Waals surface area contributed by atoms with Crippen molar-refractivity contribution < 1.29 is 14.7 Å². The predicted octanol–water partition coefficient (Wildman–Crippen LogP) is 3.30. The summed E-state index contributed by atoms with van der Waals surface area (Å²) in [6, 6.07) is 16.6. The minimum Gasteiger partial charge on any atom is -0.387 e. The summed E-state index contributed by atoms with van der Waals surface area (Å²) >= 11 is 0. The molecule has 0 saturated carbocycles. The molecule has 0 bridgehead atoms. The maximum Gasteiger partial charge on any atom is 0.245 e. The van der Waals surface area contributed by atoms with Gasteiger partial charge in [-0.15, -0.1) is 0 Å². The average molecular weight is 380 g/mol. The number of Topliss-reactive ketones (excluding diaryl/α,β-unsaturated/α-hetero) is 1. The smallest absolute Gasteiger partial charge is 0.245 e. The molecule has 148 valence electrons. The maximum absolute atomic E-state index is 12.5. The van der Waals surface area contributed by atoms with Gasteiger partial charge < -0.3 is 10.4 Å². The summed E-state index contributed by atoms with van der Waals surface area (Å²) in [4.78, 5) is 24.7. The Labute approximate surface area is 166 Å². The molecule has 0 spiro atoms. The fourth-order valence-corrected chi connectivity index (χ4v) is 2.74. The van der Waals surface area contributed by atoms with E-state index in [1.807, 2.05) is 51.1 Å². The van der Waals surface area contributed by atoms with Crippen LogP contribution < -0.4 is 10.6 Å². The molecule has 1 amide bonds. The van der Waals surface area contributed by atoms with E-state index in [1.165, 1.54) is 6.08 Å². The van der Waals surface area contributed by atoms with Crippen LogP contribution in [-0.2, 0) is 4.79 Å². The molecule has 0 radical (unpaired) electrons. The molecule has 0 aliphatic heterocycles. The zero-order valence-corrected chi connectivity index (χ0v) is 16.6. The van der Waals surface area contributed by atoms with Gasteiger partial charge in [0.25, 0.3) is 0 Å². The molecular weight excluding hydrogens is 352 g/mol. The minimum absolute atomic E-state index is 0.0829. The molecule has 0 saturated heterocycles. The van der Waals surface area contributed by atoms with Crippen molar-refractivity contribution in [2.24, 2.45) is 0 Å². The van der Waals surface area contributed by atoms with Gasteiger partial charge in [0.1, 0.15) is 0 Å². The van der Waals surface area contributed by atoms with E-state index < -0.39 is 12.3 Å². The van der Waals surface area contributed by atoms with E-state index in [-0.39, 0.29) is 24.7 Å². The minimum atomic E-state index is -0.740. The Morgan fingerprint density at radius 3 is 2.29 bits per heavy atom. The van der Waals surface area contributed by atoms with E-state index >= 15 is 0 Å². The molecule has 0 heterocycles. The average Bonchev–Trinajstić information content (AvgIpc) is 2.66. The summed E-state index contributed by atoms with van der Waals surface area (Å²) in [5, 5.41) is 16.3. The van der Waals surface area contributed by atoms with Crippen molar-refractivity contribution in [3.05, 3.63) is 82.9 Å². The highest BCUT2D eigenvalue weighted by atomic mass is 16.3. The summed E-state index contributed by atoms with van der Waals surface area (Å²) in [5.41, 5.74) is 3.35. The van der Waals surface area contributed by atoms with Gasteiger partial charge in [0.05, 0.1) is 12.3 Å². The Morgan fingerprint density at radius 1 is 1.04 bits per heavy atom. The molecule has 2 aromatic rings. The Balaban J connectivity index is 2.04. The number of ketones is 1. The van der Waals surface area contributed by atoms with Crippen molar-refractivity contribution in [1.29, 1.82) is 0 Å². The number of hydrogen-bond donors (Lipinski definition) is 3. The summed E-state index contributed by atoms with van der Waals surface area (Å²) in [6.45, 7) is 5.86. The molecule has 28 heavy (non-hydrogen) atoms. The fraction of sp³-hybridized carbons (Fsp3) is 0.304. The van der Waals surface area contributed by atoms with Crippen molar-refractivity contribution in [1.82, 2.24) is 10.6 Å². The molecule has 0 aliphatic carbocycles. The van der Waals surface area contributed by atoms with Crippen LogP contribution in [0.15, 0.2) is 66.2 Å². The highest BCUT2D eigenvalue weighted by Gasteiger charge is 2.18. The third-order valence-electron chi connectivity index (χ3n) is 4.24. The lowest BCUT2D eigenvalue weighted by Crippen LogP contribution is -2.47. The monoisotopic (exact) mass is 380 g/mol. The number of aryl methyl sites for hydroxylation is 1. The number of hydrogen-bond acceptors (Lipinski definition) is 4. The molecule has 5 nitrogen and oxygen atoms in total. The predicted molar refractivity (Wildman–Crippen MR) is 111 cm³/mol. The van der Waals surface area contributed by atoms with E-state index in [4.69, 9.17) is 0 Å². The first-order valence-corrected chi connectivity index (χ1v) is 9.37. The van der Waals surface area contributed by atoms with E-state index in [9.17, 15) is 14.7 Å². The molecule has 2 aromatic carbocycles. The van der Waals surface area contributed by atoms with Gasteiger partial charge in [0, 0.05) is 24.6 Å². The van der Waals surface area contributed by atoms with Crippen LogP contribution in [0.4, 0.5) is 0 Å². The second-order valence-electron chi connectivity index (χ2n) is 7.11. The molecule has 2 rings (SSSR count). The van der Waals surface area contributed by atoms with Crippen LogP contribution in [0.5, 0.6) is 0 Å². The normalized spacial score (nSPS) is 12.7. The van der Waals surface area contributed by atoms with Crippen molar-refractivity contribution in [3.8, 4) is 0 Å². The number of rotatable bonds is 9. The van der Waals surface area contributed by atoms with Crippen molar-refractivity contribution in [2.75, 3.05) is 6.54 Å². The standard InChI is InChI=1S/C23H28N2O3/c1-16(2)13-23(28)25-22(14-20(26)18-7-5-4-6-8-18)24-15-21(27)19-11-9-17(3)10-12-19/h4-13,21-22,24,27H,14-15H2,1-3H3,(H,25,28). The summed E-state index contributed by atoms with van der Waals surface area (Å²) in [6.07, 6.45) is 0.247. The second kappa shape index (κ2) is 10.5. The van der Waals surface area contributed by atoms with Gasteiger partial charge in [-0.2, -0.15) is 0 Å². The van der Waals surface area contributed by atoms with Gasteiger partial charge in [-0.05, 0) is 26.3 Å². The summed E-state index contributed by atoms with van der Waals surface area (Å²) in [5.74, 6) is -0.358. The van der Waals surface area contributed by atoms with Crippen LogP contribution in [0.25, 0.3) is 0 Å². The first kappa shape index (κ1) is 21.5. The Morgan fingerprint density at radius 2 is 1.68 bits per heavy atom. The van der Waals surface area contributed by atoms with Crippen molar-refractivity contribution in [2.45, 2.75) is 39.5 Å². The first-order valence-electron chi connectivity index (χ1n) is 9.37. The van der Waals surface area contributed by atoms with Crippen molar-refractivity contribution in [3.63, 3.8) is 0 Å². The lowest BCUT2D eigenvalue weighted by molar-refractivity contribution is -0.117.